The molecule has 1 aliphatic heterocycles. The fourth-order valence-electron chi connectivity index (χ4n) is 2.29. The van der Waals surface area contributed by atoms with Crippen LogP contribution in [0.1, 0.15) is 25.3 Å². The first-order valence-electron chi connectivity index (χ1n) is 5.57. The molecule has 1 aliphatic rings. The van der Waals surface area contributed by atoms with Gasteiger partial charge in [-0.05, 0) is 31.9 Å². The maximum absolute atomic E-state index is 8.77. The van der Waals surface area contributed by atoms with Crippen LogP contribution in [0.2, 0.25) is 0 Å². The Morgan fingerprint density at radius 2 is 2.25 bits per heavy atom. The highest BCUT2D eigenvalue weighted by Gasteiger charge is 2.23. The Labute approximate surface area is 95.4 Å². The Bertz CT molecular complexity index is 403. The second-order valence-corrected chi connectivity index (χ2v) is 4.19. The molecule has 1 aromatic rings. The van der Waals surface area contributed by atoms with E-state index in [1.54, 1.807) is 0 Å². The molecule has 0 aromatic heterocycles. The van der Waals surface area contributed by atoms with Crippen LogP contribution in [-0.2, 0) is 0 Å². The first-order chi connectivity index (χ1) is 7.74. The Hall–Kier alpha value is -1.71. The van der Waals surface area contributed by atoms with Gasteiger partial charge in [0.25, 0.3) is 0 Å². The molecule has 1 aromatic carbocycles. The molecule has 1 fully saturated rings. The molecule has 0 bridgehead atoms. The fourth-order valence-corrected chi connectivity index (χ4v) is 2.29. The quantitative estimate of drug-likeness (QED) is 0.345. The van der Waals surface area contributed by atoms with Crippen LogP contribution in [0.4, 0.5) is 5.69 Å². The van der Waals surface area contributed by atoms with E-state index in [0.717, 1.165) is 17.8 Å². The highest BCUT2D eigenvalue weighted by atomic mass is 16.4. The maximum atomic E-state index is 8.77. The number of oxime groups is 1. The van der Waals surface area contributed by atoms with Crippen molar-refractivity contribution in [3.63, 3.8) is 0 Å². The molecule has 4 nitrogen and oxygen atoms in total. The number of anilines is 1. The van der Waals surface area contributed by atoms with Crippen LogP contribution in [0.25, 0.3) is 0 Å². The largest absolute Gasteiger partial charge is 0.409 e. The van der Waals surface area contributed by atoms with E-state index in [1.807, 2.05) is 24.3 Å². The molecular weight excluding hydrogens is 202 g/mol. The van der Waals surface area contributed by atoms with Crippen molar-refractivity contribution in [3.8, 4) is 0 Å². The van der Waals surface area contributed by atoms with Crippen LogP contribution in [0, 0.1) is 0 Å². The van der Waals surface area contributed by atoms with Crippen molar-refractivity contribution < 1.29 is 5.21 Å². The minimum atomic E-state index is 0.176. The maximum Gasteiger partial charge on any atom is 0.172 e. The predicted octanol–water partition coefficient (Wildman–Crippen LogP) is 1.77. The minimum absolute atomic E-state index is 0.176. The number of amidine groups is 1. The molecule has 0 spiro atoms. The Kier molecular flexibility index (Phi) is 2.99. The number of nitrogens with zero attached hydrogens (tertiary/aromatic N) is 2. The Morgan fingerprint density at radius 3 is 2.88 bits per heavy atom. The lowest BCUT2D eigenvalue weighted by molar-refractivity contribution is 0.318. The van der Waals surface area contributed by atoms with Gasteiger partial charge in [0, 0.05) is 23.8 Å². The van der Waals surface area contributed by atoms with Crippen LogP contribution < -0.4 is 10.6 Å². The topological polar surface area (TPSA) is 61.8 Å². The average molecular weight is 219 g/mol. The molecule has 1 saturated heterocycles. The zero-order valence-corrected chi connectivity index (χ0v) is 9.43. The summed E-state index contributed by atoms with van der Waals surface area (Å²) in [5.74, 6) is 0.176. The number of para-hydroxylation sites is 1. The summed E-state index contributed by atoms with van der Waals surface area (Å²) in [5.41, 5.74) is 7.54. The van der Waals surface area contributed by atoms with Gasteiger partial charge in [-0.1, -0.05) is 17.3 Å². The SMILES string of the molecule is CC1CCCN1c1ccccc1/C(N)=N/O. The van der Waals surface area contributed by atoms with Crippen molar-refractivity contribution in [2.24, 2.45) is 10.9 Å². The van der Waals surface area contributed by atoms with Gasteiger partial charge < -0.3 is 15.8 Å². The predicted molar refractivity (Wildman–Crippen MR) is 65.0 cm³/mol. The van der Waals surface area contributed by atoms with E-state index >= 15 is 0 Å². The number of nitrogens with two attached hydrogens (primary N) is 1. The summed E-state index contributed by atoms with van der Waals surface area (Å²) >= 11 is 0. The number of hydrogen-bond acceptors (Lipinski definition) is 3. The average Bonchev–Trinajstić information content (AvgIpc) is 2.74. The van der Waals surface area contributed by atoms with Crippen LogP contribution in [0.15, 0.2) is 29.4 Å². The normalized spacial score (nSPS) is 21.4. The van der Waals surface area contributed by atoms with E-state index in [9.17, 15) is 0 Å². The zero-order chi connectivity index (χ0) is 11.5. The Morgan fingerprint density at radius 1 is 1.50 bits per heavy atom. The third kappa shape index (κ3) is 1.83. The molecule has 3 N–H and O–H groups in total. The molecule has 16 heavy (non-hydrogen) atoms. The monoisotopic (exact) mass is 219 g/mol. The molecule has 1 atom stereocenters. The van der Waals surface area contributed by atoms with E-state index in [2.05, 4.69) is 17.0 Å². The van der Waals surface area contributed by atoms with Crippen molar-refractivity contribution in [2.75, 3.05) is 11.4 Å². The van der Waals surface area contributed by atoms with Crippen LogP contribution >= 0.6 is 0 Å². The minimum Gasteiger partial charge on any atom is -0.409 e. The smallest absolute Gasteiger partial charge is 0.172 e. The second kappa shape index (κ2) is 4.43. The number of hydrogen-bond donors (Lipinski definition) is 2. The molecule has 2 rings (SSSR count). The van der Waals surface area contributed by atoms with E-state index in [0.29, 0.717) is 6.04 Å². The van der Waals surface area contributed by atoms with Gasteiger partial charge in [0.2, 0.25) is 0 Å². The van der Waals surface area contributed by atoms with Gasteiger partial charge in [-0.15, -0.1) is 0 Å². The summed E-state index contributed by atoms with van der Waals surface area (Å²) in [5, 5.41) is 11.8. The number of benzene rings is 1. The van der Waals surface area contributed by atoms with E-state index in [4.69, 9.17) is 10.9 Å². The molecule has 86 valence electrons. The summed E-state index contributed by atoms with van der Waals surface area (Å²) in [6.07, 6.45) is 2.40. The van der Waals surface area contributed by atoms with Gasteiger partial charge >= 0.3 is 0 Å². The van der Waals surface area contributed by atoms with Crippen molar-refractivity contribution in [1.82, 2.24) is 0 Å². The molecule has 0 aliphatic carbocycles. The molecule has 4 heteroatoms. The van der Waals surface area contributed by atoms with E-state index in [1.165, 1.54) is 12.8 Å². The number of rotatable bonds is 2. The van der Waals surface area contributed by atoms with Gasteiger partial charge in [0.15, 0.2) is 5.84 Å². The van der Waals surface area contributed by atoms with Gasteiger partial charge in [-0.25, -0.2) is 0 Å². The van der Waals surface area contributed by atoms with Crippen LogP contribution in [-0.4, -0.2) is 23.6 Å². The first-order valence-corrected chi connectivity index (χ1v) is 5.57. The highest BCUT2D eigenvalue weighted by Crippen LogP contribution is 2.28. The fraction of sp³-hybridized carbons (Fsp3) is 0.417. The van der Waals surface area contributed by atoms with E-state index in [-0.39, 0.29) is 5.84 Å². The molecule has 1 heterocycles. The zero-order valence-electron chi connectivity index (χ0n) is 9.43. The van der Waals surface area contributed by atoms with E-state index < -0.39 is 0 Å². The summed E-state index contributed by atoms with van der Waals surface area (Å²) in [6.45, 7) is 3.24. The summed E-state index contributed by atoms with van der Waals surface area (Å²) in [7, 11) is 0. The summed E-state index contributed by atoms with van der Waals surface area (Å²) in [6, 6.07) is 8.31. The van der Waals surface area contributed by atoms with Gasteiger partial charge in [-0.2, -0.15) is 0 Å². The van der Waals surface area contributed by atoms with Crippen molar-refractivity contribution >= 4 is 11.5 Å². The van der Waals surface area contributed by atoms with Crippen molar-refractivity contribution in [2.45, 2.75) is 25.8 Å². The Balaban J connectivity index is 2.40. The molecule has 0 saturated carbocycles. The lowest BCUT2D eigenvalue weighted by Gasteiger charge is -2.25. The first kappa shape index (κ1) is 10.8. The van der Waals surface area contributed by atoms with Crippen molar-refractivity contribution in [1.29, 1.82) is 0 Å². The van der Waals surface area contributed by atoms with Crippen LogP contribution in [0.5, 0.6) is 0 Å². The third-order valence-corrected chi connectivity index (χ3v) is 3.15. The highest BCUT2D eigenvalue weighted by molar-refractivity contribution is 6.02. The lowest BCUT2D eigenvalue weighted by atomic mass is 10.1. The van der Waals surface area contributed by atoms with Gasteiger partial charge in [0.05, 0.1) is 0 Å². The molecule has 1 unspecified atom stereocenters. The standard InChI is InChI=1S/C12H17N3O/c1-9-5-4-8-15(9)11-7-3-2-6-10(11)12(13)14-16/h2-3,6-7,9,16H,4-5,8H2,1H3,(H2,13,14). The summed E-state index contributed by atoms with van der Waals surface area (Å²) in [4.78, 5) is 2.31. The van der Waals surface area contributed by atoms with Gasteiger partial charge in [0.1, 0.15) is 0 Å². The molecule has 0 radical (unpaired) electrons. The van der Waals surface area contributed by atoms with Crippen molar-refractivity contribution in [3.05, 3.63) is 29.8 Å². The van der Waals surface area contributed by atoms with Crippen LogP contribution in [0.3, 0.4) is 0 Å². The second-order valence-electron chi connectivity index (χ2n) is 4.19. The molecular formula is C12H17N3O. The third-order valence-electron chi connectivity index (χ3n) is 3.15. The molecule has 0 amide bonds. The van der Waals surface area contributed by atoms with Gasteiger partial charge in [-0.3, -0.25) is 0 Å². The lowest BCUT2D eigenvalue weighted by Crippen LogP contribution is -2.29. The summed E-state index contributed by atoms with van der Waals surface area (Å²) < 4.78 is 0.